The molecule has 1 heteroatoms. The van der Waals surface area contributed by atoms with E-state index < -0.39 is 0 Å². The molecule has 0 aliphatic carbocycles. The maximum Gasteiger partial charge on any atom is 0.159 e. The predicted octanol–water partition coefficient (Wildman–Crippen LogP) is 4.03. The van der Waals surface area contributed by atoms with Gasteiger partial charge in [-0.1, -0.05) is 55.1 Å². The molecule has 0 saturated heterocycles. The van der Waals surface area contributed by atoms with Crippen LogP contribution in [0.5, 0.6) is 0 Å². The zero-order chi connectivity index (χ0) is 12.0. The molecule has 0 radical (unpaired) electrons. The Labute approximate surface area is 96.8 Å². The SMILES string of the molecule is C=C/C=C(\C=C/C)c1ccc(C(C)=O)cc1. The van der Waals surface area contributed by atoms with Crippen molar-refractivity contribution in [1.82, 2.24) is 0 Å². The average molecular weight is 212 g/mol. The van der Waals surface area contributed by atoms with E-state index in [9.17, 15) is 4.79 Å². The van der Waals surface area contributed by atoms with Crippen molar-refractivity contribution < 1.29 is 4.79 Å². The summed E-state index contributed by atoms with van der Waals surface area (Å²) in [5.41, 5.74) is 2.91. The van der Waals surface area contributed by atoms with Gasteiger partial charge in [-0.3, -0.25) is 4.79 Å². The molecule has 0 aliphatic heterocycles. The molecule has 0 fully saturated rings. The highest BCUT2D eigenvalue weighted by Gasteiger charge is 2.00. The van der Waals surface area contributed by atoms with E-state index in [0.717, 1.165) is 16.7 Å². The van der Waals surface area contributed by atoms with E-state index in [4.69, 9.17) is 0 Å². The van der Waals surface area contributed by atoms with Crippen LogP contribution >= 0.6 is 0 Å². The molecule has 0 aromatic heterocycles. The number of hydrogen-bond donors (Lipinski definition) is 0. The smallest absolute Gasteiger partial charge is 0.159 e. The van der Waals surface area contributed by atoms with Crippen LogP contribution in [0, 0.1) is 0 Å². The van der Waals surface area contributed by atoms with Crippen LogP contribution in [-0.2, 0) is 0 Å². The van der Waals surface area contributed by atoms with Gasteiger partial charge in [-0.05, 0) is 25.0 Å². The van der Waals surface area contributed by atoms with Crippen LogP contribution in [0.4, 0.5) is 0 Å². The summed E-state index contributed by atoms with van der Waals surface area (Å²) < 4.78 is 0. The van der Waals surface area contributed by atoms with Gasteiger partial charge in [-0.15, -0.1) is 0 Å². The third-order valence-electron chi connectivity index (χ3n) is 2.27. The highest BCUT2D eigenvalue weighted by Crippen LogP contribution is 2.17. The van der Waals surface area contributed by atoms with Gasteiger partial charge in [0, 0.05) is 5.56 Å². The summed E-state index contributed by atoms with van der Waals surface area (Å²) in [4.78, 5) is 11.1. The van der Waals surface area contributed by atoms with Crippen molar-refractivity contribution in [3.63, 3.8) is 0 Å². The first-order valence-electron chi connectivity index (χ1n) is 5.26. The number of allylic oxidation sites excluding steroid dienone is 5. The van der Waals surface area contributed by atoms with E-state index >= 15 is 0 Å². The predicted molar refractivity (Wildman–Crippen MR) is 69.4 cm³/mol. The molecule has 0 spiro atoms. The molecule has 1 aromatic rings. The van der Waals surface area contributed by atoms with Crippen molar-refractivity contribution in [2.24, 2.45) is 0 Å². The number of hydrogen-bond acceptors (Lipinski definition) is 1. The Hall–Kier alpha value is -1.89. The van der Waals surface area contributed by atoms with Crippen LogP contribution in [-0.4, -0.2) is 5.78 Å². The van der Waals surface area contributed by atoms with Crippen LogP contribution in [0.25, 0.3) is 5.57 Å². The first kappa shape index (κ1) is 12.2. The maximum absolute atomic E-state index is 11.1. The molecule has 0 aliphatic rings. The van der Waals surface area contributed by atoms with Gasteiger partial charge < -0.3 is 0 Å². The largest absolute Gasteiger partial charge is 0.295 e. The lowest BCUT2D eigenvalue weighted by atomic mass is 10.0. The van der Waals surface area contributed by atoms with Gasteiger partial charge in [0.2, 0.25) is 0 Å². The van der Waals surface area contributed by atoms with Crippen LogP contribution in [0.2, 0.25) is 0 Å². The molecule has 0 atom stereocenters. The van der Waals surface area contributed by atoms with Crippen molar-refractivity contribution >= 4 is 11.4 Å². The Kier molecular flexibility index (Phi) is 4.46. The third-order valence-corrected chi connectivity index (χ3v) is 2.27. The van der Waals surface area contributed by atoms with E-state index in [1.807, 2.05) is 49.4 Å². The van der Waals surface area contributed by atoms with E-state index in [-0.39, 0.29) is 5.78 Å². The van der Waals surface area contributed by atoms with Gasteiger partial charge in [-0.2, -0.15) is 0 Å². The van der Waals surface area contributed by atoms with Gasteiger partial charge in [0.15, 0.2) is 5.78 Å². The van der Waals surface area contributed by atoms with Crippen LogP contribution in [0.1, 0.15) is 29.8 Å². The minimum Gasteiger partial charge on any atom is -0.295 e. The molecule has 82 valence electrons. The lowest BCUT2D eigenvalue weighted by Gasteiger charge is -2.02. The average Bonchev–Trinajstić information content (AvgIpc) is 2.29. The normalized spacial score (nSPS) is 11.8. The highest BCUT2D eigenvalue weighted by molar-refractivity contribution is 5.94. The first-order chi connectivity index (χ1) is 7.69. The number of benzene rings is 1. The van der Waals surface area contributed by atoms with E-state index in [2.05, 4.69) is 6.58 Å². The van der Waals surface area contributed by atoms with Crippen LogP contribution in [0.3, 0.4) is 0 Å². The Balaban J connectivity index is 3.08. The van der Waals surface area contributed by atoms with Crippen LogP contribution < -0.4 is 0 Å². The Morgan fingerprint density at radius 1 is 1.19 bits per heavy atom. The minimum absolute atomic E-state index is 0.0897. The summed E-state index contributed by atoms with van der Waals surface area (Å²) in [5.74, 6) is 0.0897. The Morgan fingerprint density at radius 2 is 1.75 bits per heavy atom. The second-order valence-electron chi connectivity index (χ2n) is 3.49. The van der Waals surface area contributed by atoms with Crippen molar-refractivity contribution in [2.45, 2.75) is 13.8 Å². The fourth-order valence-corrected chi connectivity index (χ4v) is 1.45. The van der Waals surface area contributed by atoms with E-state index in [0.29, 0.717) is 0 Å². The van der Waals surface area contributed by atoms with Gasteiger partial charge in [0.1, 0.15) is 0 Å². The number of rotatable bonds is 4. The zero-order valence-corrected chi connectivity index (χ0v) is 9.73. The molecule has 0 N–H and O–H groups in total. The van der Waals surface area contributed by atoms with Crippen molar-refractivity contribution in [3.05, 3.63) is 66.3 Å². The quantitative estimate of drug-likeness (QED) is 0.544. The summed E-state index contributed by atoms with van der Waals surface area (Å²) in [6.45, 7) is 7.23. The van der Waals surface area contributed by atoms with Gasteiger partial charge in [-0.25, -0.2) is 0 Å². The zero-order valence-electron chi connectivity index (χ0n) is 9.73. The van der Waals surface area contributed by atoms with Gasteiger partial charge in [0.25, 0.3) is 0 Å². The van der Waals surface area contributed by atoms with Crippen molar-refractivity contribution in [1.29, 1.82) is 0 Å². The lowest BCUT2D eigenvalue weighted by Crippen LogP contribution is -1.91. The molecule has 0 saturated carbocycles. The van der Waals surface area contributed by atoms with E-state index in [1.165, 1.54) is 0 Å². The molecule has 1 rings (SSSR count). The molecule has 0 heterocycles. The second-order valence-corrected chi connectivity index (χ2v) is 3.49. The Morgan fingerprint density at radius 3 is 2.19 bits per heavy atom. The van der Waals surface area contributed by atoms with E-state index in [1.54, 1.807) is 13.0 Å². The number of carbonyl (C=O) groups excluding carboxylic acids is 1. The minimum atomic E-state index is 0.0897. The van der Waals surface area contributed by atoms with Gasteiger partial charge >= 0.3 is 0 Å². The molecule has 0 unspecified atom stereocenters. The number of Topliss-reactive ketones (excluding diaryl/α,β-unsaturated/α-hetero) is 1. The van der Waals surface area contributed by atoms with Crippen molar-refractivity contribution in [2.75, 3.05) is 0 Å². The Bertz CT molecular complexity index is 433. The second kappa shape index (κ2) is 5.86. The van der Waals surface area contributed by atoms with Crippen molar-refractivity contribution in [3.8, 4) is 0 Å². The molecule has 16 heavy (non-hydrogen) atoms. The summed E-state index contributed by atoms with van der Waals surface area (Å²) in [7, 11) is 0. The standard InChI is InChI=1S/C15H16O/c1-4-6-14(7-5-2)15-10-8-13(9-11-15)12(3)16/h4-11H,1H2,2-3H3/b7-5-,14-6+. The fraction of sp³-hybridized carbons (Fsp3) is 0.133. The maximum atomic E-state index is 11.1. The van der Waals surface area contributed by atoms with Gasteiger partial charge in [0.05, 0.1) is 0 Å². The fourth-order valence-electron chi connectivity index (χ4n) is 1.45. The summed E-state index contributed by atoms with van der Waals surface area (Å²) in [6, 6.07) is 7.59. The molecular weight excluding hydrogens is 196 g/mol. The number of carbonyl (C=O) groups is 1. The summed E-state index contributed by atoms with van der Waals surface area (Å²) in [6.07, 6.45) is 7.70. The topological polar surface area (TPSA) is 17.1 Å². The van der Waals surface area contributed by atoms with Crippen LogP contribution in [0.15, 0.2) is 55.1 Å². The summed E-state index contributed by atoms with van der Waals surface area (Å²) >= 11 is 0. The monoisotopic (exact) mass is 212 g/mol. The molecule has 0 bridgehead atoms. The number of ketones is 1. The highest BCUT2D eigenvalue weighted by atomic mass is 16.1. The molecular formula is C15H16O. The third kappa shape index (κ3) is 3.06. The molecule has 0 amide bonds. The lowest BCUT2D eigenvalue weighted by molar-refractivity contribution is 0.101. The first-order valence-corrected chi connectivity index (χ1v) is 5.26. The molecule has 1 aromatic carbocycles. The molecule has 1 nitrogen and oxygen atoms in total. The summed E-state index contributed by atoms with van der Waals surface area (Å²) in [5, 5.41) is 0.